The summed E-state index contributed by atoms with van der Waals surface area (Å²) in [6.45, 7) is 8.16. The third kappa shape index (κ3) is 3.77. The van der Waals surface area contributed by atoms with E-state index in [0.717, 1.165) is 24.0 Å². The van der Waals surface area contributed by atoms with Gasteiger partial charge in [-0.3, -0.25) is 0 Å². The Balaban J connectivity index is 2.22. The third-order valence-corrected chi connectivity index (χ3v) is 5.99. The largest absolute Gasteiger partial charge is 0.398 e. The van der Waals surface area contributed by atoms with Crippen LogP contribution in [0.1, 0.15) is 44.2 Å². The summed E-state index contributed by atoms with van der Waals surface area (Å²) in [7, 11) is -3.50. The van der Waals surface area contributed by atoms with E-state index in [9.17, 15) is 8.42 Å². The molecule has 2 unspecified atom stereocenters. The second-order valence-electron chi connectivity index (χ2n) is 6.69. The summed E-state index contributed by atoms with van der Waals surface area (Å²) in [6.07, 6.45) is 2.99. The van der Waals surface area contributed by atoms with E-state index in [0.29, 0.717) is 17.5 Å². The number of nitrogens with two attached hydrogens (primary N) is 1. The van der Waals surface area contributed by atoms with Crippen LogP contribution in [0.2, 0.25) is 0 Å². The molecule has 1 saturated carbocycles. The van der Waals surface area contributed by atoms with Crippen LogP contribution in [0.15, 0.2) is 17.0 Å². The van der Waals surface area contributed by atoms with Gasteiger partial charge < -0.3 is 5.73 Å². The lowest BCUT2D eigenvalue weighted by Gasteiger charge is -2.31. The van der Waals surface area contributed by atoms with Crippen molar-refractivity contribution in [2.75, 3.05) is 5.73 Å². The Morgan fingerprint density at radius 3 is 2.19 bits per heavy atom. The van der Waals surface area contributed by atoms with Gasteiger partial charge in [0.15, 0.2) is 0 Å². The van der Waals surface area contributed by atoms with Crippen molar-refractivity contribution in [3.05, 3.63) is 23.3 Å². The van der Waals surface area contributed by atoms with Gasteiger partial charge in [0.25, 0.3) is 0 Å². The fourth-order valence-electron chi connectivity index (χ4n) is 3.34. The zero-order valence-corrected chi connectivity index (χ0v) is 14.1. The molecule has 5 heteroatoms. The fraction of sp³-hybridized carbons (Fsp3) is 0.625. The monoisotopic (exact) mass is 310 g/mol. The molecule has 2 rings (SSSR count). The molecule has 1 aromatic carbocycles. The molecule has 0 amide bonds. The highest BCUT2D eigenvalue weighted by Crippen LogP contribution is 2.30. The van der Waals surface area contributed by atoms with Crippen LogP contribution in [0.5, 0.6) is 0 Å². The van der Waals surface area contributed by atoms with Crippen LogP contribution in [0.3, 0.4) is 0 Å². The molecule has 0 heterocycles. The fourth-order valence-corrected chi connectivity index (χ4v) is 4.72. The van der Waals surface area contributed by atoms with Crippen LogP contribution in [0, 0.1) is 25.7 Å². The highest BCUT2D eigenvalue weighted by Gasteiger charge is 2.28. The number of benzene rings is 1. The van der Waals surface area contributed by atoms with Gasteiger partial charge >= 0.3 is 0 Å². The summed E-state index contributed by atoms with van der Waals surface area (Å²) >= 11 is 0. The molecule has 0 aliphatic heterocycles. The Morgan fingerprint density at radius 1 is 1.10 bits per heavy atom. The van der Waals surface area contributed by atoms with E-state index in [1.165, 1.54) is 6.42 Å². The number of nitrogen functional groups attached to an aromatic ring is 1. The molecule has 1 aromatic rings. The minimum atomic E-state index is -3.50. The quantitative estimate of drug-likeness (QED) is 0.843. The highest BCUT2D eigenvalue weighted by molar-refractivity contribution is 7.89. The molecule has 118 valence electrons. The number of hydrogen-bond donors (Lipinski definition) is 2. The third-order valence-electron chi connectivity index (χ3n) is 4.49. The Labute approximate surface area is 128 Å². The molecule has 21 heavy (non-hydrogen) atoms. The van der Waals surface area contributed by atoms with Gasteiger partial charge in [-0.1, -0.05) is 13.8 Å². The van der Waals surface area contributed by atoms with Gasteiger partial charge in [0.05, 0.1) is 4.90 Å². The molecule has 0 saturated heterocycles. The smallest absolute Gasteiger partial charge is 0.240 e. The number of aryl methyl sites for hydroxylation is 1. The highest BCUT2D eigenvalue weighted by atomic mass is 32.2. The maximum Gasteiger partial charge on any atom is 0.240 e. The maximum absolute atomic E-state index is 12.6. The van der Waals surface area contributed by atoms with E-state index in [2.05, 4.69) is 18.6 Å². The molecule has 0 bridgehead atoms. The first-order chi connectivity index (χ1) is 9.69. The van der Waals surface area contributed by atoms with Crippen LogP contribution in [0.25, 0.3) is 0 Å². The first kappa shape index (κ1) is 16.3. The normalized spacial score (nSPS) is 26.8. The Bertz CT molecular complexity index is 592. The summed E-state index contributed by atoms with van der Waals surface area (Å²) < 4.78 is 28.0. The van der Waals surface area contributed by atoms with Gasteiger partial charge in [0, 0.05) is 11.7 Å². The van der Waals surface area contributed by atoms with Gasteiger partial charge in [-0.05, 0) is 68.2 Å². The first-order valence-electron chi connectivity index (χ1n) is 7.58. The number of rotatable bonds is 3. The number of nitrogens with one attached hydrogen (secondary N) is 1. The molecule has 1 fully saturated rings. The van der Waals surface area contributed by atoms with E-state index in [1.54, 1.807) is 12.1 Å². The van der Waals surface area contributed by atoms with Crippen molar-refractivity contribution in [1.29, 1.82) is 0 Å². The van der Waals surface area contributed by atoms with E-state index in [1.807, 2.05) is 13.8 Å². The van der Waals surface area contributed by atoms with Crippen molar-refractivity contribution in [3.8, 4) is 0 Å². The summed E-state index contributed by atoms with van der Waals surface area (Å²) in [5, 5.41) is 0. The first-order valence-corrected chi connectivity index (χ1v) is 9.06. The summed E-state index contributed by atoms with van der Waals surface area (Å²) in [5.41, 5.74) is 8.27. The van der Waals surface area contributed by atoms with Crippen molar-refractivity contribution in [2.24, 2.45) is 11.8 Å². The summed E-state index contributed by atoms with van der Waals surface area (Å²) in [5.74, 6) is 1.12. The molecule has 0 aromatic heterocycles. The van der Waals surface area contributed by atoms with Crippen LogP contribution in [-0.4, -0.2) is 14.5 Å². The molecular formula is C16H26N2O2S. The lowest BCUT2D eigenvalue weighted by molar-refractivity contribution is 0.257. The lowest BCUT2D eigenvalue weighted by atomic mass is 9.81. The molecule has 0 spiro atoms. The Hall–Kier alpha value is -1.07. The zero-order chi connectivity index (χ0) is 15.8. The average molecular weight is 310 g/mol. The van der Waals surface area contributed by atoms with Gasteiger partial charge in [-0.2, -0.15) is 0 Å². The predicted octanol–water partition coefficient (Wildman–Crippen LogP) is 2.99. The van der Waals surface area contributed by atoms with Gasteiger partial charge in [0.2, 0.25) is 10.0 Å². The van der Waals surface area contributed by atoms with Gasteiger partial charge in [0.1, 0.15) is 0 Å². The average Bonchev–Trinajstić information content (AvgIpc) is 2.33. The maximum atomic E-state index is 12.6. The molecule has 4 nitrogen and oxygen atoms in total. The molecule has 1 aliphatic rings. The van der Waals surface area contributed by atoms with Gasteiger partial charge in [-0.25, -0.2) is 13.1 Å². The minimum absolute atomic E-state index is 0.0246. The van der Waals surface area contributed by atoms with E-state index >= 15 is 0 Å². The summed E-state index contributed by atoms with van der Waals surface area (Å²) in [6, 6.07) is 3.28. The molecule has 3 N–H and O–H groups in total. The molecule has 0 radical (unpaired) electrons. The standard InChI is InChI=1S/C16H26N2O2S/c1-10-5-11(2)7-14(6-10)18-21(19,20)15-8-12(3)13(4)16(17)9-15/h8-11,14,18H,5-7,17H2,1-4H3. The van der Waals surface area contributed by atoms with Crippen molar-refractivity contribution < 1.29 is 8.42 Å². The van der Waals surface area contributed by atoms with E-state index in [-0.39, 0.29) is 10.9 Å². The zero-order valence-electron chi connectivity index (χ0n) is 13.3. The number of hydrogen-bond acceptors (Lipinski definition) is 3. The second kappa shape index (κ2) is 5.97. The minimum Gasteiger partial charge on any atom is -0.398 e. The number of sulfonamides is 1. The van der Waals surface area contributed by atoms with Crippen molar-refractivity contribution in [3.63, 3.8) is 0 Å². The van der Waals surface area contributed by atoms with E-state index in [4.69, 9.17) is 5.73 Å². The van der Waals surface area contributed by atoms with Crippen LogP contribution in [0.4, 0.5) is 5.69 Å². The second-order valence-corrected chi connectivity index (χ2v) is 8.40. The molecule has 2 atom stereocenters. The van der Waals surface area contributed by atoms with Gasteiger partial charge in [-0.15, -0.1) is 0 Å². The Morgan fingerprint density at radius 2 is 1.67 bits per heavy atom. The number of anilines is 1. The van der Waals surface area contributed by atoms with Crippen molar-refractivity contribution >= 4 is 15.7 Å². The topological polar surface area (TPSA) is 72.2 Å². The van der Waals surface area contributed by atoms with Crippen LogP contribution >= 0.6 is 0 Å². The SMILES string of the molecule is Cc1cc(S(=O)(=O)NC2CC(C)CC(C)C2)cc(N)c1C. The van der Waals surface area contributed by atoms with Crippen molar-refractivity contribution in [1.82, 2.24) is 4.72 Å². The molecular weight excluding hydrogens is 284 g/mol. The predicted molar refractivity (Wildman–Crippen MR) is 86.6 cm³/mol. The van der Waals surface area contributed by atoms with Crippen LogP contribution < -0.4 is 10.5 Å². The van der Waals surface area contributed by atoms with Crippen molar-refractivity contribution in [2.45, 2.75) is 57.9 Å². The summed E-state index contributed by atoms with van der Waals surface area (Å²) in [4.78, 5) is 0.272. The van der Waals surface area contributed by atoms with E-state index < -0.39 is 10.0 Å². The van der Waals surface area contributed by atoms with Crippen LogP contribution in [-0.2, 0) is 10.0 Å². The molecule has 1 aliphatic carbocycles. The Kier molecular flexibility index (Phi) is 4.63. The lowest BCUT2D eigenvalue weighted by Crippen LogP contribution is -2.40.